The van der Waals surface area contributed by atoms with Gasteiger partial charge in [-0.1, -0.05) is 0 Å². The van der Waals surface area contributed by atoms with E-state index in [1.165, 1.54) is 6.07 Å². The van der Waals surface area contributed by atoms with Crippen LogP contribution in [0.1, 0.15) is 0 Å². The maximum absolute atomic E-state index is 11.5. The van der Waals surface area contributed by atoms with E-state index in [2.05, 4.69) is 4.98 Å². The van der Waals surface area contributed by atoms with Gasteiger partial charge in [0, 0.05) is 6.07 Å². The minimum atomic E-state index is -1.25. The number of nitrogens with zero attached hydrogens (tertiary/aromatic N) is 3. The number of carboxylic acids is 1. The summed E-state index contributed by atoms with van der Waals surface area (Å²) in [6.07, 6.45) is 0. The molecule has 9 nitrogen and oxygen atoms in total. The van der Waals surface area contributed by atoms with Crippen molar-refractivity contribution in [2.75, 3.05) is 18.1 Å². The molecule has 0 saturated carbocycles. The number of pyridine rings is 1. The first-order valence-electron chi connectivity index (χ1n) is 4.79. The molecule has 2 heterocycles. The van der Waals surface area contributed by atoms with Crippen molar-refractivity contribution in [3.63, 3.8) is 0 Å². The average Bonchev–Trinajstić information content (AvgIpc) is 2.31. The van der Waals surface area contributed by atoms with Crippen molar-refractivity contribution >= 4 is 23.5 Å². The van der Waals surface area contributed by atoms with Gasteiger partial charge in [0.25, 0.3) is 11.7 Å². The SMILES string of the molecule is O=C(O)CN1C(=O)COc2ccc([N+](=O)[O-])nc21. The van der Waals surface area contributed by atoms with Crippen molar-refractivity contribution in [1.29, 1.82) is 0 Å². The molecule has 18 heavy (non-hydrogen) atoms. The summed E-state index contributed by atoms with van der Waals surface area (Å²) in [5.74, 6) is -2.35. The van der Waals surface area contributed by atoms with Crippen LogP contribution >= 0.6 is 0 Å². The predicted octanol–water partition coefficient (Wildman–Crippen LogP) is -0.200. The van der Waals surface area contributed by atoms with Crippen LogP contribution in [0, 0.1) is 10.1 Å². The van der Waals surface area contributed by atoms with Gasteiger partial charge in [-0.15, -0.1) is 0 Å². The number of ether oxygens (including phenoxy) is 1. The second-order valence-corrected chi connectivity index (χ2v) is 3.41. The molecule has 9 heteroatoms. The Labute approximate surface area is 99.7 Å². The van der Waals surface area contributed by atoms with Crippen LogP contribution in [0.25, 0.3) is 0 Å². The summed E-state index contributed by atoms with van der Waals surface area (Å²) in [4.78, 5) is 36.4. The van der Waals surface area contributed by atoms with Crippen molar-refractivity contribution in [3.8, 4) is 5.75 Å². The van der Waals surface area contributed by atoms with Gasteiger partial charge >= 0.3 is 11.8 Å². The molecule has 1 aliphatic rings. The van der Waals surface area contributed by atoms with E-state index in [4.69, 9.17) is 9.84 Å². The molecule has 0 unspecified atom stereocenters. The molecule has 0 bridgehead atoms. The molecule has 1 aliphatic heterocycles. The second-order valence-electron chi connectivity index (χ2n) is 3.41. The topological polar surface area (TPSA) is 123 Å². The molecule has 0 atom stereocenters. The van der Waals surface area contributed by atoms with E-state index >= 15 is 0 Å². The van der Waals surface area contributed by atoms with Gasteiger partial charge in [-0.25, -0.2) is 0 Å². The Morgan fingerprint density at radius 1 is 1.61 bits per heavy atom. The molecule has 1 aromatic heterocycles. The summed E-state index contributed by atoms with van der Waals surface area (Å²) in [6.45, 7) is -0.941. The first-order valence-corrected chi connectivity index (χ1v) is 4.79. The van der Waals surface area contributed by atoms with Crippen LogP contribution in [-0.4, -0.2) is 40.0 Å². The maximum Gasteiger partial charge on any atom is 0.366 e. The Kier molecular flexibility index (Phi) is 2.80. The van der Waals surface area contributed by atoms with Crippen LogP contribution in [0.15, 0.2) is 12.1 Å². The monoisotopic (exact) mass is 253 g/mol. The van der Waals surface area contributed by atoms with E-state index in [9.17, 15) is 19.7 Å². The van der Waals surface area contributed by atoms with Crippen LogP contribution in [0.4, 0.5) is 11.6 Å². The normalized spacial score (nSPS) is 13.8. The van der Waals surface area contributed by atoms with E-state index < -0.39 is 29.2 Å². The lowest BCUT2D eigenvalue weighted by Gasteiger charge is -2.23. The predicted molar refractivity (Wildman–Crippen MR) is 56.4 cm³/mol. The fraction of sp³-hybridized carbons (Fsp3) is 0.222. The van der Waals surface area contributed by atoms with E-state index in [-0.39, 0.29) is 18.2 Å². The third kappa shape index (κ3) is 2.05. The smallest absolute Gasteiger partial charge is 0.366 e. The first-order chi connectivity index (χ1) is 8.49. The lowest BCUT2D eigenvalue weighted by molar-refractivity contribution is -0.389. The van der Waals surface area contributed by atoms with Crippen LogP contribution < -0.4 is 9.64 Å². The Hall–Kier alpha value is -2.71. The molecule has 1 N–H and O–H groups in total. The fourth-order valence-electron chi connectivity index (χ4n) is 1.47. The number of anilines is 1. The molecule has 0 aromatic carbocycles. The number of rotatable bonds is 3. The molecule has 0 saturated heterocycles. The third-order valence-corrected chi connectivity index (χ3v) is 2.21. The number of nitro groups is 1. The molecule has 0 aliphatic carbocycles. The highest BCUT2D eigenvalue weighted by atomic mass is 16.6. The zero-order chi connectivity index (χ0) is 13.3. The van der Waals surface area contributed by atoms with Gasteiger partial charge < -0.3 is 20.0 Å². The second kappa shape index (κ2) is 4.28. The largest absolute Gasteiger partial charge is 0.480 e. The highest BCUT2D eigenvalue weighted by Crippen LogP contribution is 2.31. The number of hydrogen-bond acceptors (Lipinski definition) is 6. The molecular weight excluding hydrogens is 246 g/mol. The molecule has 94 valence electrons. The van der Waals surface area contributed by atoms with E-state index in [1.54, 1.807) is 0 Å². The zero-order valence-corrected chi connectivity index (χ0v) is 8.90. The van der Waals surface area contributed by atoms with Gasteiger partial charge in [-0.2, -0.15) is 0 Å². The lowest BCUT2D eigenvalue weighted by Crippen LogP contribution is -2.42. The number of fused-ring (bicyclic) bond motifs is 1. The highest BCUT2D eigenvalue weighted by molar-refractivity contribution is 6.00. The zero-order valence-electron chi connectivity index (χ0n) is 8.90. The van der Waals surface area contributed by atoms with Crippen molar-refractivity contribution in [3.05, 3.63) is 22.2 Å². The number of amides is 1. The molecule has 0 radical (unpaired) electrons. The molecule has 0 fully saturated rings. The number of carbonyl (C=O) groups is 2. The summed E-state index contributed by atoms with van der Waals surface area (Å²) < 4.78 is 5.01. The van der Waals surface area contributed by atoms with Gasteiger partial charge in [-0.3, -0.25) is 14.5 Å². The molecular formula is C9H7N3O6. The van der Waals surface area contributed by atoms with Crippen molar-refractivity contribution < 1.29 is 24.4 Å². The summed E-state index contributed by atoms with van der Waals surface area (Å²) in [5, 5.41) is 19.3. The third-order valence-electron chi connectivity index (χ3n) is 2.21. The van der Waals surface area contributed by atoms with Gasteiger partial charge in [0.1, 0.15) is 6.54 Å². The summed E-state index contributed by atoms with van der Waals surface area (Å²) in [6, 6.07) is 2.40. The minimum absolute atomic E-state index is 0.140. The first kappa shape index (κ1) is 11.8. The van der Waals surface area contributed by atoms with Crippen LogP contribution in [0.2, 0.25) is 0 Å². The number of aromatic nitrogens is 1. The summed E-state index contributed by atoms with van der Waals surface area (Å²) >= 11 is 0. The lowest BCUT2D eigenvalue weighted by atomic mass is 10.3. The standard InChI is InChI=1S/C9H7N3O6/c13-7-4-18-5-1-2-6(12(16)17)10-9(5)11(7)3-8(14)15/h1-2H,3-4H2,(H,14,15). The number of carboxylic acid groups (broad SMARTS) is 1. The van der Waals surface area contributed by atoms with E-state index in [0.29, 0.717) is 0 Å². The summed E-state index contributed by atoms with van der Waals surface area (Å²) in [7, 11) is 0. The number of carbonyl (C=O) groups excluding carboxylic acids is 1. The van der Waals surface area contributed by atoms with E-state index in [0.717, 1.165) is 11.0 Å². The van der Waals surface area contributed by atoms with Gasteiger partial charge in [0.15, 0.2) is 12.4 Å². The minimum Gasteiger partial charge on any atom is -0.480 e. The number of hydrogen-bond donors (Lipinski definition) is 1. The maximum atomic E-state index is 11.5. The molecule has 1 aromatic rings. The van der Waals surface area contributed by atoms with Gasteiger partial charge in [0.2, 0.25) is 0 Å². The summed E-state index contributed by atoms with van der Waals surface area (Å²) in [5.41, 5.74) is 0. The Balaban J connectivity index is 2.46. The van der Waals surface area contributed by atoms with Crippen molar-refractivity contribution in [1.82, 2.24) is 4.98 Å². The molecule has 2 rings (SSSR count). The van der Waals surface area contributed by atoms with E-state index in [1.807, 2.05) is 0 Å². The quantitative estimate of drug-likeness (QED) is 0.584. The van der Waals surface area contributed by atoms with Gasteiger partial charge in [0.05, 0.1) is 0 Å². The van der Waals surface area contributed by atoms with Crippen molar-refractivity contribution in [2.45, 2.75) is 0 Å². The molecule has 0 spiro atoms. The number of aliphatic carboxylic acids is 1. The fourth-order valence-corrected chi connectivity index (χ4v) is 1.47. The van der Waals surface area contributed by atoms with Crippen molar-refractivity contribution in [2.24, 2.45) is 0 Å². The van der Waals surface area contributed by atoms with Crippen LogP contribution in [0.5, 0.6) is 5.75 Å². The molecule has 1 amide bonds. The Morgan fingerprint density at radius 3 is 2.94 bits per heavy atom. The highest BCUT2D eigenvalue weighted by Gasteiger charge is 2.33. The average molecular weight is 253 g/mol. The van der Waals surface area contributed by atoms with Gasteiger partial charge in [-0.05, 0) is 16.0 Å². The van der Waals surface area contributed by atoms with Crippen LogP contribution in [0.3, 0.4) is 0 Å². The van der Waals surface area contributed by atoms with Crippen LogP contribution in [-0.2, 0) is 9.59 Å². The Bertz CT molecular complexity index is 543. The Morgan fingerprint density at radius 2 is 2.33 bits per heavy atom.